The third-order valence-corrected chi connectivity index (χ3v) is 5.14. The highest BCUT2D eigenvalue weighted by atomic mass is 35.5. The van der Waals surface area contributed by atoms with Gasteiger partial charge in [0.1, 0.15) is 0 Å². The van der Waals surface area contributed by atoms with E-state index in [9.17, 15) is 9.59 Å². The molecule has 0 saturated heterocycles. The number of ketones is 2. The maximum atomic E-state index is 12.9. The Hall–Kier alpha value is -3.21. The van der Waals surface area contributed by atoms with E-state index in [0.717, 1.165) is 11.1 Å². The quantitative estimate of drug-likeness (QED) is 0.271. The van der Waals surface area contributed by atoms with Gasteiger partial charge in [0.25, 0.3) is 0 Å². The van der Waals surface area contributed by atoms with E-state index in [1.165, 1.54) is 6.08 Å². The summed E-state index contributed by atoms with van der Waals surface area (Å²) in [5.41, 5.74) is 2.74. The van der Waals surface area contributed by atoms with Crippen molar-refractivity contribution < 1.29 is 9.59 Å². The van der Waals surface area contributed by atoms with Crippen LogP contribution in [0.15, 0.2) is 78.9 Å². The molecule has 4 nitrogen and oxygen atoms in total. The third-order valence-electron chi connectivity index (χ3n) is 4.64. The van der Waals surface area contributed by atoms with Crippen molar-refractivity contribution in [2.24, 2.45) is 0 Å². The minimum absolute atomic E-state index is 0.00198. The molecule has 0 aliphatic rings. The Morgan fingerprint density at radius 2 is 1.50 bits per heavy atom. The minimum atomic E-state index is -0.287. The summed E-state index contributed by atoms with van der Waals surface area (Å²) in [5, 5.41) is 1.18. The van der Waals surface area contributed by atoms with Crippen molar-refractivity contribution in [2.75, 3.05) is 0 Å². The summed E-state index contributed by atoms with van der Waals surface area (Å²) >= 11 is 11.8. The topological polar surface area (TPSA) is 52.0 Å². The van der Waals surface area contributed by atoms with E-state index >= 15 is 0 Å². The van der Waals surface area contributed by atoms with Crippen LogP contribution in [0.5, 0.6) is 0 Å². The van der Waals surface area contributed by atoms with Crippen LogP contribution in [-0.2, 0) is 6.54 Å². The number of nitrogens with zero attached hydrogens (tertiary/aromatic N) is 2. The Labute approximate surface area is 183 Å². The molecule has 3 aromatic carbocycles. The summed E-state index contributed by atoms with van der Waals surface area (Å²) < 4.78 is 1.65. The number of para-hydroxylation sites is 2. The van der Waals surface area contributed by atoms with E-state index in [0.29, 0.717) is 21.1 Å². The maximum Gasteiger partial charge on any atom is 0.221 e. The van der Waals surface area contributed by atoms with Crippen molar-refractivity contribution in [3.05, 3.63) is 106 Å². The molecule has 0 amide bonds. The van der Waals surface area contributed by atoms with Crippen LogP contribution in [0.4, 0.5) is 0 Å². The Bertz CT molecular complexity index is 1260. The normalized spacial score (nSPS) is 11.3. The van der Waals surface area contributed by atoms with Crippen LogP contribution >= 0.6 is 23.2 Å². The molecular weight excluding hydrogens is 419 g/mol. The number of benzene rings is 3. The molecule has 1 heterocycles. The van der Waals surface area contributed by atoms with Gasteiger partial charge in [0.15, 0.2) is 11.6 Å². The summed E-state index contributed by atoms with van der Waals surface area (Å²) in [6.45, 7) is -0.00198. The minimum Gasteiger partial charge on any atom is -0.313 e. The molecular formula is C24H16Cl2N2O2. The highest BCUT2D eigenvalue weighted by Gasteiger charge is 2.18. The Kier molecular flexibility index (Phi) is 5.79. The first-order chi connectivity index (χ1) is 14.5. The van der Waals surface area contributed by atoms with E-state index in [4.69, 9.17) is 23.2 Å². The fourth-order valence-corrected chi connectivity index (χ4v) is 3.37. The van der Waals surface area contributed by atoms with Crippen molar-refractivity contribution >= 4 is 51.9 Å². The van der Waals surface area contributed by atoms with Crippen LogP contribution in [-0.4, -0.2) is 21.1 Å². The highest BCUT2D eigenvalue weighted by molar-refractivity contribution is 6.31. The van der Waals surface area contributed by atoms with Crippen molar-refractivity contribution in [3.63, 3.8) is 0 Å². The van der Waals surface area contributed by atoms with Crippen LogP contribution < -0.4 is 0 Å². The maximum absolute atomic E-state index is 12.9. The molecule has 30 heavy (non-hydrogen) atoms. The number of Topliss-reactive ketones (excluding diaryl/α,β-unsaturated/α-hetero) is 1. The molecule has 0 aliphatic heterocycles. The van der Waals surface area contributed by atoms with Gasteiger partial charge in [-0.2, -0.15) is 0 Å². The number of carbonyl (C=O) groups is 2. The zero-order valence-electron chi connectivity index (χ0n) is 15.8. The van der Waals surface area contributed by atoms with E-state index in [1.54, 1.807) is 47.0 Å². The number of hydrogen-bond donors (Lipinski definition) is 0. The van der Waals surface area contributed by atoms with E-state index in [-0.39, 0.29) is 23.9 Å². The fraction of sp³-hybridized carbons (Fsp3) is 0.0417. The summed E-state index contributed by atoms with van der Waals surface area (Å²) in [5.74, 6) is -0.209. The van der Waals surface area contributed by atoms with Crippen LogP contribution in [0.2, 0.25) is 10.0 Å². The molecule has 0 bridgehead atoms. The first-order valence-electron chi connectivity index (χ1n) is 9.23. The van der Waals surface area contributed by atoms with Crippen molar-refractivity contribution in [1.82, 2.24) is 9.55 Å². The number of rotatable bonds is 6. The van der Waals surface area contributed by atoms with Gasteiger partial charge >= 0.3 is 0 Å². The van der Waals surface area contributed by atoms with Gasteiger partial charge in [-0.3, -0.25) is 9.59 Å². The SMILES string of the molecule is O=C(Cn1c(C(=O)C=Cc2ccc(Cl)cc2)nc2ccccc21)c1ccc(Cl)cc1. The molecule has 0 saturated carbocycles. The average molecular weight is 435 g/mol. The van der Waals surface area contributed by atoms with Gasteiger partial charge in [-0.1, -0.05) is 53.5 Å². The molecule has 4 rings (SSSR count). The second-order valence-electron chi connectivity index (χ2n) is 6.69. The molecule has 148 valence electrons. The van der Waals surface area contributed by atoms with E-state index in [2.05, 4.69) is 4.98 Å². The van der Waals surface area contributed by atoms with Gasteiger partial charge in [0.2, 0.25) is 5.78 Å². The smallest absolute Gasteiger partial charge is 0.221 e. The van der Waals surface area contributed by atoms with Crippen molar-refractivity contribution in [1.29, 1.82) is 0 Å². The highest BCUT2D eigenvalue weighted by Crippen LogP contribution is 2.19. The monoisotopic (exact) mass is 434 g/mol. The Balaban J connectivity index is 1.67. The Morgan fingerprint density at radius 1 is 0.867 bits per heavy atom. The molecule has 0 unspecified atom stereocenters. The van der Waals surface area contributed by atoms with Crippen molar-refractivity contribution in [3.8, 4) is 0 Å². The molecule has 0 aliphatic carbocycles. The molecule has 0 atom stereocenters. The van der Waals surface area contributed by atoms with Gasteiger partial charge in [0.05, 0.1) is 17.6 Å². The van der Waals surface area contributed by atoms with Crippen LogP contribution in [0.3, 0.4) is 0 Å². The number of allylic oxidation sites excluding steroid dienone is 1. The number of imidazole rings is 1. The summed E-state index contributed by atoms with van der Waals surface area (Å²) in [7, 11) is 0. The number of hydrogen-bond acceptors (Lipinski definition) is 3. The van der Waals surface area contributed by atoms with Crippen LogP contribution in [0, 0.1) is 0 Å². The van der Waals surface area contributed by atoms with E-state index in [1.807, 2.05) is 36.4 Å². The molecule has 4 aromatic rings. The second kappa shape index (κ2) is 8.66. The van der Waals surface area contributed by atoms with Gasteiger partial charge in [-0.25, -0.2) is 4.98 Å². The summed E-state index contributed by atoms with van der Waals surface area (Å²) in [4.78, 5) is 30.2. The summed E-state index contributed by atoms with van der Waals surface area (Å²) in [6.07, 6.45) is 3.15. The fourth-order valence-electron chi connectivity index (χ4n) is 3.11. The predicted molar refractivity (Wildman–Crippen MR) is 120 cm³/mol. The molecule has 6 heteroatoms. The lowest BCUT2D eigenvalue weighted by atomic mass is 10.1. The number of carbonyl (C=O) groups excluding carboxylic acids is 2. The molecule has 0 radical (unpaired) electrons. The standard InChI is InChI=1S/C24H16Cl2N2O2/c25-18-10-5-16(6-11-18)7-14-22(29)24-27-20-3-1-2-4-21(20)28(24)15-23(30)17-8-12-19(26)13-9-17/h1-14H,15H2. The van der Waals surface area contributed by atoms with Crippen LogP contribution in [0.25, 0.3) is 17.1 Å². The number of fused-ring (bicyclic) bond motifs is 1. The predicted octanol–water partition coefficient (Wildman–Crippen LogP) is 6.12. The molecule has 0 N–H and O–H groups in total. The first-order valence-corrected chi connectivity index (χ1v) is 9.99. The lowest BCUT2D eigenvalue weighted by Crippen LogP contribution is -2.15. The Morgan fingerprint density at radius 3 is 2.20 bits per heavy atom. The number of aromatic nitrogens is 2. The number of halogens is 2. The van der Waals surface area contributed by atoms with Gasteiger partial charge in [0, 0.05) is 15.6 Å². The summed E-state index contributed by atoms with van der Waals surface area (Å²) in [6, 6.07) is 21.2. The largest absolute Gasteiger partial charge is 0.313 e. The third kappa shape index (κ3) is 4.35. The first kappa shape index (κ1) is 20.1. The lowest BCUT2D eigenvalue weighted by molar-refractivity contribution is 0.0969. The van der Waals surface area contributed by atoms with Crippen LogP contribution in [0.1, 0.15) is 26.5 Å². The molecule has 0 spiro atoms. The van der Waals surface area contributed by atoms with Gasteiger partial charge in [-0.15, -0.1) is 0 Å². The molecule has 0 fully saturated rings. The lowest BCUT2D eigenvalue weighted by Gasteiger charge is -2.07. The zero-order valence-corrected chi connectivity index (χ0v) is 17.3. The second-order valence-corrected chi connectivity index (χ2v) is 7.56. The van der Waals surface area contributed by atoms with E-state index < -0.39 is 0 Å². The van der Waals surface area contributed by atoms with Gasteiger partial charge < -0.3 is 4.57 Å². The average Bonchev–Trinajstić information content (AvgIpc) is 3.12. The molecule has 1 aromatic heterocycles. The van der Waals surface area contributed by atoms with Crippen molar-refractivity contribution in [2.45, 2.75) is 6.54 Å². The van der Waals surface area contributed by atoms with Gasteiger partial charge in [-0.05, 0) is 60.2 Å². The zero-order chi connectivity index (χ0) is 21.1.